The number of unbranched alkanes of at least 4 members (excludes halogenated alkanes) is 10. The quantitative estimate of drug-likeness (QED) is 0.203. The molecule has 0 N–H and O–H groups in total. The summed E-state index contributed by atoms with van der Waals surface area (Å²) in [4.78, 5) is 0. The molecule has 0 nitrogen and oxygen atoms in total. The predicted molar refractivity (Wildman–Crippen MR) is 84.0 cm³/mol. The maximum atomic E-state index is 3.48. The summed E-state index contributed by atoms with van der Waals surface area (Å²) in [6.07, 6.45) is 21.3. The van der Waals surface area contributed by atoms with E-state index in [0.29, 0.717) is 0 Å². The van der Waals surface area contributed by atoms with Crippen molar-refractivity contribution in [2.45, 2.75) is 84.0 Å². The molecule has 1 heteroatoms. The van der Waals surface area contributed by atoms with Gasteiger partial charge in [-0.2, -0.15) is 0 Å². The summed E-state index contributed by atoms with van der Waals surface area (Å²) in [6.45, 7) is 2.26. The monoisotopic (exact) mass is 302 g/mol. The molecule has 0 aliphatic carbocycles. The second-order valence-corrected chi connectivity index (χ2v) is 5.71. The molecule has 0 aliphatic heterocycles. The van der Waals surface area contributed by atoms with Gasteiger partial charge in [-0.25, -0.2) is 0 Å². The van der Waals surface area contributed by atoms with Gasteiger partial charge in [0.25, 0.3) is 0 Å². The third-order valence-corrected chi connectivity index (χ3v) is 3.71. The van der Waals surface area contributed by atoms with E-state index >= 15 is 0 Å². The minimum Gasteiger partial charge on any atom is -0.0928 e. The molecule has 102 valence electrons. The maximum absolute atomic E-state index is 3.48. The van der Waals surface area contributed by atoms with E-state index < -0.39 is 0 Å². The fraction of sp³-hybridized carbons (Fsp3) is 0.875. The summed E-state index contributed by atoms with van der Waals surface area (Å²) < 4.78 is 0. The van der Waals surface area contributed by atoms with E-state index in [4.69, 9.17) is 0 Å². The van der Waals surface area contributed by atoms with Crippen molar-refractivity contribution < 1.29 is 0 Å². The van der Waals surface area contributed by atoms with E-state index in [0.717, 1.165) is 0 Å². The first-order chi connectivity index (χ1) is 8.41. The Morgan fingerprint density at radius 3 is 1.65 bits per heavy atom. The van der Waals surface area contributed by atoms with Gasteiger partial charge in [0.05, 0.1) is 0 Å². The third-order valence-electron chi connectivity index (χ3n) is 3.15. The van der Waals surface area contributed by atoms with Crippen molar-refractivity contribution in [3.8, 4) is 0 Å². The lowest BCUT2D eigenvalue weighted by atomic mass is 10.1. The largest absolute Gasteiger partial charge is 0.0928 e. The predicted octanol–water partition coefficient (Wildman–Crippen LogP) is 6.64. The van der Waals surface area contributed by atoms with Crippen LogP contribution in [0.3, 0.4) is 0 Å². The summed E-state index contributed by atoms with van der Waals surface area (Å²) in [5.41, 5.74) is 0. The Labute approximate surface area is 117 Å². The highest BCUT2D eigenvalue weighted by molar-refractivity contribution is 9.09. The van der Waals surface area contributed by atoms with Crippen LogP contribution in [0.1, 0.15) is 84.0 Å². The molecule has 0 saturated carbocycles. The Kier molecular flexibility index (Phi) is 16.4. The summed E-state index contributed by atoms with van der Waals surface area (Å²) in [5, 5.41) is 1.18. The van der Waals surface area contributed by atoms with Gasteiger partial charge >= 0.3 is 0 Å². The van der Waals surface area contributed by atoms with Crippen LogP contribution in [-0.4, -0.2) is 5.33 Å². The molecule has 0 aromatic heterocycles. The van der Waals surface area contributed by atoms with Crippen LogP contribution in [-0.2, 0) is 0 Å². The van der Waals surface area contributed by atoms with Gasteiger partial charge in [0.2, 0.25) is 0 Å². The van der Waals surface area contributed by atoms with Gasteiger partial charge in [-0.05, 0) is 25.7 Å². The Morgan fingerprint density at radius 1 is 0.647 bits per heavy atom. The first-order valence-electron chi connectivity index (χ1n) is 7.62. The molecule has 0 atom stereocenters. The molecule has 0 aliphatic rings. The van der Waals surface area contributed by atoms with Crippen LogP contribution in [0.2, 0.25) is 0 Å². The van der Waals surface area contributed by atoms with Crippen molar-refractivity contribution >= 4 is 15.9 Å². The summed E-state index contributed by atoms with van der Waals surface area (Å²) >= 11 is 3.48. The molecule has 0 aromatic rings. The van der Waals surface area contributed by atoms with E-state index in [1.165, 1.54) is 82.4 Å². The van der Waals surface area contributed by atoms with Gasteiger partial charge in [-0.15, -0.1) is 0 Å². The van der Waals surface area contributed by atoms with Gasteiger partial charge in [0.1, 0.15) is 0 Å². The molecule has 0 unspecified atom stereocenters. The van der Waals surface area contributed by atoms with E-state index in [-0.39, 0.29) is 0 Å². The van der Waals surface area contributed by atoms with Crippen molar-refractivity contribution in [2.75, 3.05) is 5.33 Å². The molecular formula is C16H31Br. The lowest BCUT2D eigenvalue weighted by Gasteiger charge is -2.00. The zero-order valence-electron chi connectivity index (χ0n) is 11.7. The van der Waals surface area contributed by atoms with E-state index in [1.807, 2.05) is 0 Å². The number of alkyl halides is 1. The molecule has 0 rings (SSSR count). The molecular weight excluding hydrogens is 272 g/mol. The van der Waals surface area contributed by atoms with Crippen molar-refractivity contribution in [3.05, 3.63) is 12.2 Å². The maximum Gasteiger partial charge on any atom is 0.00313 e. The molecule has 0 fully saturated rings. The summed E-state index contributed by atoms with van der Waals surface area (Å²) in [6, 6.07) is 0. The standard InChI is InChI=1S/C16H31Br/c1-2-3-4-5-6-7-8-9-10-11-12-13-14-15-16-17/h5-6H,2-4,7-16H2,1H3/b6-5+. The number of halogens is 1. The molecule has 0 radical (unpaired) electrons. The minimum absolute atomic E-state index is 1.18. The molecule has 0 heterocycles. The van der Waals surface area contributed by atoms with E-state index in [1.54, 1.807) is 0 Å². The van der Waals surface area contributed by atoms with Crippen LogP contribution in [0.4, 0.5) is 0 Å². The van der Waals surface area contributed by atoms with Crippen molar-refractivity contribution in [2.24, 2.45) is 0 Å². The summed E-state index contributed by atoms with van der Waals surface area (Å²) in [7, 11) is 0. The average molecular weight is 303 g/mol. The van der Waals surface area contributed by atoms with Gasteiger partial charge in [0, 0.05) is 5.33 Å². The lowest BCUT2D eigenvalue weighted by molar-refractivity contribution is 0.579. The zero-order chi connectivity index (χ0) is 12.6. The molecule has 0 aromatic carbocycles. The Hall–Kier alpha value is 0.220. The molecule has 0 amide bonds. The van der Waals surface area contributed by atoms with Crippen LogP contribution in [0.15, 0.2) is 12.2 Å². The van der Waals surface area contributed by atoms with Crippen LogP contribution in [0.5, 0.6) is 0 Å². The number of hydrogen-bond acceptors (Lipinski definition) is 0. The highest BCUT2D eigenvalue weighted by Crippen LogP contribution is 2.10. The molecule has 0 bridgehead atoms. The Morgan fingerprint density at radius 2 is 1.12 bits per heavy atom. The van der Waals surface area contributed by atoms with Crippen molar-refractivity contribution in [1.29, 1.82) is 0 Å². The van der Waals surface area contributed by atoms with Crippen LogP contribution < -0.4 is 0 Å². The van der Waals surface area contributed by atoms with Crippen molar-refractivity contribution in [1.82, 2.24) is 0 Å². The first-order valence-corrected chi connectivity index (χ1v) is 8.75. The fourth-order valence-electron chi connectivity index (χ4n) is 1.98. The second kappa shape index (κ2) is 16.2. The van der Waals surface area contributed by atoms with Crippen molar-refractivity contribution in [3.63, 3.8) is 0 Å². The highest BCUT2D eigenvalue weighted by atomic mass is 79.9. The van der Waals surface area contributed by atoms with Crippen LogP contribution in [0.25, 0.3) is 0 Å². The van der Waals surface area contributed by atoms with Crippen LogP contribution >= 0.6 is 15.9 Å². The Balaban J connectivity index is 2.96. The van der Waals surface area contributed by atoms with Gasteiger partial charge in [-0.1, -0.05) is 86.4 Å². The second-order valence-electron chi connectivity index (χ2n) is 4.92. The SMILES string of the molecule is CCCC/C=C/CCCCCCCCCCBr. The third kappa shape index (κ3) is 16.2. The highest BCUT2D eigenvalue weighted by Gasteiger charge is 1.91. The van der Waals surface area contributed by atoms with E-state index in [2.05, 4.69) is 35.0 Å². The average Bonchev–Trinajstić information content (AvgIpc) is 2.35. The summed E-state index contributed by atoms with van der Waals surface area (Å²) in [5.74, 6) is 0. The van der Waals surface area contributed by atoms with E-state index in [9.17, 15) is 0 Å². The zero-order valence-corrected chi connectivity index (χ0v) is 13.3. The fourth-order valence-corrected chi connectivity index (χ4v) is 2.37. The first kappa shape index (κ1) is 17.2. The smallest absolute Gasteiger partial charge is 0.00313 e. The number of rotatable bonds is 13. The van der Waals surface area contributed by atoms with Gasteiger partial charge < -0.3 is 0 Å². The Bertz CT molecular complexity index is 152. The molecule has 0 saturated heterocycles. The number of allylic oxidation sites excluding steroid dienone is 2. The number of hydrogen-bond donors (Lipinski definition) is 0. The van der Waals surface area contributed by atoms with Gasteiger partial charge in [0.15, 0.2) is 0 Å². The topological polar surface area (TPSA) is 0 Å². The molecule has 17 heavy (non-hydrogen) atoms. The van der Waals surface area contributed by atoms with Crippen LogP contribution in [0, 0.1) is 0 Å². The normalized spacial score (nSPS) is 11.4. The lowest BCUT2D eigenvalue weighted by Crippen LogP contribution is -1.81. The van der Waals surface area contributed by atoms with Gasteiger partial charge in [-0.3, -0.25) is 0 Å². The molecule has 0 spiro atoms. The minimum atomic E-state index is 1.18.